The van der Waals surface area contributed by atoms with Gasteiger partial charge in [0, 0.05) is 6.61 Å². The minimum absolute atomic E-state index is 0.132. The van der Waals surface area contributed by atoms with Crippen molar-refractivity contribution in [2.75, 3.05) is 13.2 Å². The van der Waals surface area contributed by atoms with Gasteiger partial charge in [-0.1, -0.05) is 11.6 Å². The van der Waals surface area contributed by atoms with Gasteiger partial charge in [-0.05, 0) is 31.0 Å². The maximum atomic E-state index is 10.6. The number of carbonyl (C=O) groups is 1. The predicted molar refractivity (Wildman–Crippen MR) is 60.2 cm³/mol. The lowest BCUT2D eigenvalue weighted by Gasteiger charge is -2.07. The number of aromatic carboxylic acids is 1. The van der Waals surface area contributed by atoms with E-state index in [1.807, 2.05) is 0 Å². The van der Waals surface area contributed by atoms with E-state index in [4.69, 9.17) is 26.6 Å². The van der Waals surface area contributed by atoms with Crippen LogP contribution in [-0.4, -0.2) is 29.4 Å². The van der Waals surface area contributed by atoms with Crippen LogP contribution in [0.4, 0.5) is 0 Å². The number of carboxylic acids is 1. The topological polar surface area (TPSA) is 66.8 Å². The molecule has 0 amide bonds. The normalized spacial score (nSPS) is 10.1. The minimum atomic E-state index is -1.02. The zero-order valence-corrected chi connectivity index (χ0v) is 9.41. The van der Waals surface area contributed by atoms with Gasteiger partial charge < -0.3 is 14.9 Å². The molecule has 88 valence electrons. The van der Waals surface area contributed by atoms with Crippen LogP contribution in [0.15, 0.2) is 18.2 Å². The first kappa shape index (κ1) is 12.8. The van der Waals surface area contributed by atoms with Crippen molar-refractivity contribution in [3.8, 4) is 5.75 Å². The number of halogens is 1. The van der Waals surface area contributed by atoms with Crippen molar-refractivity contribution in [3.63, 3.8) is 0 Å². The Morgan fingerprint density at radius 2 is 2.12 bits per heavy atom. The first-order valence-electron chi connectivity index (χ1n) is 4.91. The van der Waals surface area contributed by atoms with E-state index in [-0.39, 0.29) is 17.2 Å². The molecule has 4 nitrogen and oxygen atoms in total. The second-order valence-corrected chi connectivity index (χ2v) is 3.64. The van der Waals surface area contributed by atoms with E-state index >= 15 is 0 Å². The van der Waals surface area contributed by atoms with Crippen LogP contribution in [0.1, 0.15) is 23.2 Å². The van der Waals surface area contributed by atoms with Crippen molar-refractivity contribution in [1.82, 2.24) is 0 Å². The first-order valence-corrected chi connectivity index (χ1v) is 5.29. The zero-order chi connectivity index (χ0) is 12.0. The lowest BCUT2D eigenvalue weighted by Crippen LogP contribution is -2.01. The molecule has 5 heteroatoms. The quantitative estimate of drug-likeness (QED) is 0.753. The second kappa shape index (κ2) is 6.35. The van der Waals surface area contributed by atoms with E-state index in [1.165, 1.54) is 18.2 Å². The summed E-state index contributed by atoms with van der Waals surface area (Å²) in [5, 5.41) is 17.6. The first-order chi connectivity index (χ1) is 7.65. The van der Waals surface area contributed by atoms with Gasteiger partial charge in [0.1, 0.15) is 5.75 Å². The summed E-state index contributed by atoms with van der Waals surface area (Å²) in [6, 6.07) is 4.32. The number of hydrogen-bond acceptors (Lipinski definition) is 3. The highest BCUT2D eigenvalue weighted by Gasteiger charge is 2.07. The molecule has 0 aliphatic carbocycles. The fourth-order valence-electron chi connectivity index (χ4n) is 1.15. The van der Waals surface area contributed by atoms with Crippen LogP contribution in [0.5, 0.6) is 5.75 Å². The van der Waals surface area contributed by atoms with E-state index in [2.05, 4.69) is 0 Å². The van der Waals surface area contributed by atoms with Gasteiger partial charge in [0.05, 0.1) is 17.2 Å². The highest BCUT2D eigenvalue weighted by molar-refractivity contribution is 6.32. The average Bonchev–Trinajstić information content (AvgIpc) is 2.26. The van der Waals surface area contributed by atoms with Gasteiger partial charge >= 0.3 is 5.97 Å². The molecular formula is C11H13ClO4. The molecule has 0 unspecified atom stereocenters. The molecule has 2 N–H and O–H groups in total. The standard InChI is InChI=1S/C11H13ClO4/c12-9-7-8(11(14)15)3-4-10(9)16-6-2-1-5-13/h3-4,7,13H,1-2,5-6H2,(H,14,15). The molecule has 0 radical (unpaired) electrons. The third-order valence-corrected chi connectivity index (χ3v) is 2.28. The van der Waals surface area contributed by atoms with Crippen molar-refractivity contribution in [3.05, 3.63) is 28.8 Å². The van der Waals surface area contributed by atoms with Crippen molar-refractivity contribution in [2.45, 2.75) is 12.8 Å². The molecule has 16 heavy (non-hydrogen) atoms. The van der Waals surface area contributed by atoms with Gasteiger partial charge in [0.25, 0.3) is 0 Å². The Kier molecular flexibility index (Phi) is 5.08. The van der Waals surface area contributed by atoms with Crippen LogP contribution in [0, 0.1) is 0 Å². The maximum absolute atomic E-state index is 10.6. The summed E-state index contributed by atoms with van der Waals surface area (Å²) in [4.78, 5) is 10.6. The summed E-state index contributed by atoms with van der Waals surface area (Å²) < 4.78 is 5.34. The summed E-state index contributed by atoms with van der Waals surface area (Å²) in [7, 11) is 0. The van der Waals surface area contributed by atoms with Crippen molar-refractivity contribution < 1.29 is 19.7 Å². The number of hydrogen-bond donors (Lipinski definition) is 2. The Labute approximate surface area is 98.4 Å². The summed E-state index contributed by atoms with van der Waals surface area (Å²) in [6.45, 7) is 0.585. The molecule has 0 atom stereocenters. The molecule has 1 aromatic carbocycles. The molecule has 1 aromatic rings. The van der Waals surface area contributed by atoms with Gasteiger partial charge in [0.15, 0.2) is 0 Å². The fraction of sp³-hybridized carbons (Fsp3) is 0.364. The summed E-state index contributed by atoms with van der Waals surface area (Å²) >= 11 is 5.85. The van der Waals surface area contributed by atoms with Crippen LogP contribution in [0.2, 0.25) is 5.02 Å². The monoisotopic (exact) mass is 244 g/mol. The third-order valence-electron chi connectivity index (χ3n) is 1.99. The molecule has 0 spiro atoms. The fourth-order valence-corrected chi connectivity index (χ4v) is 1.38. The SMILES string of the molecule is O=C(O)c1ccc(OCCCCO)c(Cl)c1. The molecule has 0 aliphatic rings. The van der Waals surface area contributed by atoms with Crippen molar-refractivity contribution in [1.29, 1.82) is 0 Å². The second-order valence-electron chi connectivity index (χ2n) is 3.23. The average molecular weight is 245 g/mol. The number of aliphatic hydroxyl groups excluding tert-OH is 1. The molecule has 0 fully saturated rings. The maximum Gasteiger partial charge on any atom is 0.335 e. The van der Waals surface area contributed by atoms with Crippen LogP contribution in [-0.2, 0) is 0 Å². The smallest absolute Gasteiger partial charge is 0.335 e. The summed E-state index contributed by atoms with van der Waals surface area (Å²) in [5.41, 5.74) is 0.132. The lowest BCUT2D eigenvalue weighted by atomic mass is 10.2. The highest BCUT2D eigenvalue weighted by Crippen LogP contribution is 2.25. The molecule has 0 aliphatic heterocycles. The number of unbranched alkanes of at least 4 members (excludes halogenated alkanes) is 1. The van der Waals surface area contributed by atoms with Crippen molar-refractivity contribution >= 4 is 17.6 Å². The van der Waals surface area contributed by atoms with Gasteiger partial charge in [-0.2, -0.15) is 0 Å². The Morgan fingerprint density at radius 3 is 2.69 bits per heavy atom. The molecule has 0 saturated carbocycles. The van der Waals surface area contributed by atoms with Crippen LogP contribution in [0.3, 0.4) is 0 Å². The lowest BCUT2D eigenvalue weighted by molar-refractivity contribution is 0.0697. The van der Waals surface area contributed by atoms with Gasteiger partial charge in [-0.3, -0.25) is 0 Å². The predicted octanol–water partition coefficient (Wildman–Crippen LogP) is 2.19. The van der Waals surface area contributed by atoms with E-state index < -0.39 is 5.97 Å². The Morgan fingerprint density at radius 1 is 1.38 bits per heavy atom. The van der Waals surface area contributed by atoms with Crippen LogP contribution < -0.4 is 4.74 Å². The van der Waals surface area contributed by atoms with Crippen LogP contribution >= 0.6 is 11.6 Å². The highest BCUT2D eigenvalue weighted by atomic mass is 35.5. The summed E-state index contributed by atoms with van der Waals surface area (Å²) in [5.74, 6) is -0.557. The Hall–Kier alpha value is -1.26. The van der Waals surface area contributed by atoms with E-state index in [9.17, 15) is 4.79 Å². The minimum Gasteiger partial charge on any atom is -0.492 e. The number of aliphatic hydroxyl groups is 1. The van der Waals surface area contributed by atoms with Crippen molar-refractivity contribution in [2.24, 2.45) is 0 Å². The number of carboxylic acid groups (broad SMARTS) is 1. The molecule has 0 heterocycles. The largest absolute Gasteiger partial charge is 0.492 e. The van der Waals surface area contributed by atoms with Gasteiger partial charge in [-0.25, -0.2) is 4.79 Å². The molecule has 0 aromatic heterocycles. The molecule has 0 bridgehead atoms. The molecule has 1 rings (SSSR count). The number of ether oxygens (including phenoxy) is 1. The number of rotatable bonds is 6. The molecule has 0 saturated heterocycles. The van der Waals surface area contributed by atoms with E-state index in [1.54, 1.807) is 0 Å². The van der Waals surface area contributed by atoms with E-state index in [0.29, 0.717) is 18.8 Å². The molecular weight excluding hydrogens is 232 g/mol. The third kappa shape index (κ3) is 3.72. The Bertz CT molecular complexity index is 365. The summed E-state index contributed by atoms with van der Waals surface area (Å²) in [6.07, 6.45) is 1.40. The van der Waals surface area contributed by atoms with E-state index in [0.717, 1.165) is 6.42 Å². The van der Waals surface area contributed by atoms with Gasteiger partial charge in [-0.15, -0.1) is 0 Å². The number of benzene rings is 1. The van der Waals surface area contributed by atoms with Gasteiger partial charge in [0.2, 0.25) is 0 Å². The Balaban J connectivity index is 2.57. The zero-order valence-electron chi connectivity index (χ0n) is 8.65. The van der Waals surface area contributed by atoms with Crippen LogP contribution in [0.25, 0.3) is 0 Å².